The average molecular weight is 397 g/mol. The van der Waals surface area contributed by atoms with E-state index in [4.69, 9.17) is 13.7 Å². The highest BCUT2D eigenvalue weighted by molar-refractivity contribution is 5.70. The van der Waals surface area contributed by atoms with Gasteiger partial charge in [-0.25, -0.2) is 9.78 Å². The van der Waals surface area contributed by atoms with Crippen molar-refractivity contribution in [3.05, 3.63) is 48.4 Å². The van der Waals surface area contributed by atoms with Crippen LogP contribution in [0.25, 0.3) is 11.5 Å². The van der Waals surface area contributed by atoms with Crippen LogP contribution < -0.4 is 15.0 Å². The molecule has 0 bridgehead atoms. The Labute approximate surface area is 168 Å². The average Bonchev–Trinajstić information content (AvgIpc) is 3.41. The van der Waals surface area contributed by atoms with Crippen molar-refractivity contribution in [2.24, 2.45) is 0 Å². The van der Waals surface area contributed by atoms with Gasteiger partial charge in [-0.3, -0.25) is 4.90 Å². The molecular weight excluding hydrogens is 374 g/mol. The van der Waals surface area contributed by atoms with Crippen LogP contribution in [-0.2, 0) is 0 Å². The summed E-state index contributed by atoms with van der Waals surface area (Å²) in [5, 5.41) is 6.45. The zero-order valence-corrected chi connectivity index (χ0v) is 16.2. The summed E-state index contributed by atoms with van der Waals surface area (Å²) in [5.74, 6) is 2.07. The Bertz CT molecular complexity index is 932. The van der Waals surface area contributed by atoms with Crippen molar-refractivity contribution >= 4 is 11.9 Å². The molecule has 1 aliphatic rings. The fraction of sp³-hybridized carbons (Fsp3) is 0.350. The van der Waals surface area contributed by atoms with Gasteiger partial charge >= 0.3 is 6.09 Å². The molecule has 9 nitrogen and oxygen atoms in total. The summed E-state index contributed by atoms with van der Waals surface area (Å²) in [7, 11) is 0. The van der Waals surface area contributed by atoms with Crippen LogP contribution in [0.1, 0.15) is 5.56 Å². The SMILES string of the molecule is Cc1cccnc1N1CCN(CCNC(=O)Oc2cc(-c3ccco3)on2)CC1. The number of hydrogen-bond acceptors (Lipinski definition) is 8. The molecule has 3 aromatic rings. The molecule has 0 unspecified atom stereocenters. The molecule has 0 spiro atoms. The van der Waals surface area contributed by atoms with Crippen molar-refractivity contribution < 1.29 is 18.5 Å². The summed E-state index contributed by atoms with van der Waals surface area (Å²) >= 11 is 0. The number of nitrogens with one attached hydrogen (secondary N) is 1. The molecule has 1 saturated heterocycles. The van der Waals surface area contributed by atoms with E-state index in [0.29, 0.717) is 18.1 Å². The van der Waals surface area contributed by atoms with Gasteiger partial charge in [0.1, 0.15) is 5.82 Å². The molecule has 4 heterocycles. The fourth-order valence-electron chi connectivity index (χ4n) is 3.28. The zero-order chi connectivity index (χ0) is 20.1. The molecule has 1 aliphatic heterocycles. The van der Waals surface area contributed by atoms with Crippen LogP contribution in [0, 0.1) is 6.92 Å². The third kappa shape index (κ3) is 4.75. The Balaban J connectivity index is 1.17. The summed E-state index contributed by atoms with van der Waals surface area (Å²) in [5.41, 5.74) is 1.19. The van der Waals surface area contributed by atoms with Gasteiger partial charge in [-0.05, 0) is 35.8 Å². The third-order valence-corrected chi connectivity index (χ3v) is 4.80. The minimum Gasteiger partial charge on any atom is -0.461 e. The zero-order valence-electron chi connectivity index (χ0n) is 16.2. The van der Waals surface area contributed by atoms with E-state index in [1.807, 2.05) is 12.3 Å². The van der Waals surface area contributed by atoms with Gasteiger partial charge in [0, 0.05) is 45.5 Å². The molecule has 4 rings (SSSR count). The molecule has 0 aromatic carbocycles. The monoisotopic (exact) mass is 397 g/mol. The smallest absolute Gasteiger partial charge is 0.414 e. The van der Waals surface area contributed by atoms with E-state index in [1.165, 1.54) is 17.9 Å². The van der Waals surface area contributed by atoms with E-state index in [9.17, 15) is 4.79 Å². The molecule has 1 N–H and O–H groups in total. The lowest BCUT2D eigenvalue weighted by Gasteiger charge is -2.35. The number of aryl methyl sites for hydroxylation is 1. The van der Waals surface area contributed by atoms with Crippen molar-refractivity contribution in [2.75, 3.05) is 44.2 Å². The van der Waals surface area contributed by atoms with Gasteiger partial charge < -0.3 is 23.9 Å². The number of carbonyl (C=O) groups is 1. The predicted molar refractivity (Wildman–Crippen MR) is 106 cm³/mol. The number of carbonyl (C=O) groups excluding carboxylic acids is 1. The first-order valence-electron chi connectivity index (χ1n) is 9.54. The number of furan rings is 1. The first kappa shape index (κ1) is 19.0. The van der Waals surface area contributed by atoms with Crippen LogP contribution in [0.15, 0.2) is 51.7 Å². The van der Waals surface area contributed by atoms with Gasteiger partial charge in [-0.15, -0.1) is 0 Å². The number of nitrogens with zero attached hydrogens (tertiary/aromatic N) is 4. The van der Waals surface area contributed by atoms with Crippen LogP contribution >= 0.6 is 0 Å². The number of aromatic nitrogens is 2. The quantitative estimate of drug-likeness (QED) is 0.678. The van der Waals surface area contributed by atoms with E-state index < -0.39 is 6.09 Å². The van der Waals surface area contributed by atoms with Crippen molar-refractivity contribution in [3.63, 3.8) is 0 Å². The molecular formula is C20H23N5O4. The van der Waals surface area contributed by atoms with E-state index in [0.717, 1.165) is 38.5 Å². The highest BCUT2D eigenvalue weighted by atomic mass is 16.6. The van der Waals surface area contributed by atoms with Gasteiger partial charge in [-0.1, -0.05) is 6.07 Å². The van der Waals surface area contributed by atoms with Crippen molar-refractivity contribution in [3.8, 4) is 17.4 Å². The van der Waals surface area contributed by atoms with Crippen LogP contribution in [0.2, 0.25) is 0 Å². The Hall–Kier alpha value is -3.33. The maximum atomic E-state index is 12.0. The summed E-state index contributed by atoms with van der Waals surface area (Å²) in [6.07, 6.45) is 2.80. The van der Waals surface area contributed by atoms with Gasteiger partial charge in [0.25, 0.3) is 5.88 Å². The molecule has 29 heavy (non-hydrogen) atoms. The minimum absolute atomic E-state index is 0.0910. The molecule has 152 valence electrons. The van der Waals surface area contributed by atoms with Gasteiger partial charge in [0.15, 0.2) is 5.76 Å². The fourth-order valence-corrected chi connectivity index (χ4v) is 3.28. The summed E-state index contributed by atoms with van der Waals surface area (Å²) in [6, 6.07) is 9.02. The van der Waals surface area contributed by atoms with E-state index in [2.05, 4.69) is 38.2 Å². The lowest BCUT2D eigenvalue weighted by atomic mass is 10.2. The molecule has 0 aliphatic carbocycles. The lowest BCUT2D eigenvalue weighted by Crippen LogP contribution is -2.49. The Morgan fingerprint density at radius 1 is 1.21 bits per heavy atom. The second-order valence-corrected chi connectivity index (χ2v) is 6.80. The van der Waals surface area contributed by atoms with Crippen molar-refractivity contribution in [1.29, 1.82) is 0 Å². The maximum Gasteiger partial charge on any atom is 0.414 e. The Kier molecular flexibility index (Phi) is 5.76. The molecule has 1 fully saturated rings. The Morgan fingerprint density at radius 2 is 2.07 bits per heavy atom. The lowest BCUT2D eigenvalue weighted by molar-refractivity contribution is 0.191. The summed E-state index contributed by atoms with van der Waals surface area (Å²) in [6.45, 7) is 6.99. The van der Waals surface area contributed by atoms with Crippen LogP contribution in [0.4, 0.5) is 10.6 Å². The van der Waals surface area contributed by atoms with E-state index >= 15 is 0 Å². The second-order valence-electron chi connectivity index (χ2n) is 6.80. The van der Waals surface area contributed by atoms with Gasteiger partial charge in [0.2, 0.25) is 5.76 Å². The number of anilines is 1. The number of pyridine rings is 1. The predicted octanol–water partition coefficient (Wildman–Crippen LogP) is 2.55. The molecule has 9 heteroatoms. The standard InChI is InChI=1S/C20H23N5O4/c1-15-4-2-6-21-19(15)25-11-9-24(10-12-25)8-7-22-20(26)28-18-14-17(29-23-18)16-5-3-13-27-16/h2-6,13-14H,7-12H2,1H3,(H,22,26). The first-order valence-corrected chi connectivity index (χ1v) is 9.54. The van der Waals surface area contributed by atoms with Crippen LogP contribution in [0.5, 0.6) is 5.88 Å². The van der Waals surface area contributed by atoms with Gasteiger partial charge in [-0.2, -0.15) is 0 Å². The Morgan fingerprint density at radius 3 is 2.83 bits per heavy atom. The number of ether oxygens (including phenoxy) is 1. The number of amides is 1. The third-order valence-electron chi connectivity index (χ3n) is 4.80. The largest absolute Gasteiger partial charge is 0.461 e. The van der Waals surface area contributed by atoms with Crippen LogP contribution in [0.3, 0.4) is 0 Å². The maximum absolute atomic E-state index is 12.0. The van der Waals surface area contributed by atoms with Crippen LogP contribution in [-0.4, -0.2) is 60.4 Å². The highest BCUT2D eigenvalue weighted by Crippen LogP contribution is 2.23. The highest BCUT2D eigenvalue weighted by Gasteiger charge is 2.19. The number of hydrogen-bond donors (Lipinski definition) is 1. The molecule has 0 radical (unpaired) electrons. The molecule has 0 atom stereocenters. The normalized spacial score (nSPS) is 14.7. The van der Waals surface area contributed by atoms with E-state index in [-0.39, 0.29) is 5.88 Å². The summed E-state index contributed by atoms with van der Waals surface area (Å²) in [4.78, 5) is 21.0. The topological polar surface area (TPSA) is 96.9 Å². The van der Waals surface area contributed by atoms with E-state index in [1.54, 1.807) is 12.1 Å². The molecule has 0 saturated carbocycles. The minimum atomic E-state index is -0.563. The second kappa shape index (κ2) is 8.78. The number of piperazine rings is 1. The van der Waals surface area contributed by atoms with Gasteiger partial charge in [0.05, 0.1) is 12.3 Å². The van der Waals surface area contributed by atoms with Crippen molar-refractivity contribution in [1.82, 2.24) is 20.4 Å². The number of rotatable bonds is 6. The molecule has 1 amide bonds. The first-order chi connectivity index (χ1) is 14.2. The summed E-state index contributed by atoms with van der Waals surface area (Å²) < 4.78 is 15.4. The van der Waals surface area contributed by atoms with Crippen molar-refractivity contribution in [2.45, 2.75) is 6.92 Å². The molecule has 3 aromatic heterocycles.